The summed E-state index contributed by atoms with van der Waals surface area (Å²) in [6.07, 6.45) is 1.82. The molecule has 1 aliphatic rings. The SMILES string of the molecule is CCCc1nc(NCC)c(C)c(N2CCS(=O)(=O)CC2)n1. The van der Waals surface area contributed by atoms with Gasteiger partial charge in [0.05, 0.1) is 11.5 Å². The quantitative estimate of drug-likeness (QED) is 0.886. The Kier molecular flexibility index (Phi) is 5.03. The molecule has 6 nitrogen and oxygen atoms in total. The topological polar surface area (TPSA) is 75.2 Å². The number of sulfone groups is 1. The van der Waals surface area contributed by atoms with E-state index in [0.29, 0.717) is 13.1 Å². The first-order valence-electron chi connectivity index (χ1n) is 7.53. The van der Waals surface area contributed by atoms with Crippen molar-refractivity contribution in [2.75, 3.05) is 41.4 Å². The molecule has 0 bridgehead atoms. The number of rotatable bonds is 5. The van der Waals surface area contributed by atoms with Gasteiger partial charge in [-0.15, -0.1) is 0 Å². The fourth-order valence-electron chi connectivity index (χ4n) is 2.46. The highest BCUT2D eigenvalue weighted by Gasteiger charge is 2.25. The van der Waals surface area contributed by atoms with Gasteiger partial charge in [0, 0.05) is 31.6 Å². The monoisotopic (exact) mass is 312 g/mol. The second-order valence-corrected chi connectivity index (χ2v) is 7.66. The first-order chi connectivity index (χ1) is 9.96. The van der Waals surface area contributed by atoms with Gasteiger partial charge in [-0.1, -0.05) is 6.92 Å². The van der Waals surface area contributed by atoms with Crippen LogP contribution in [0.4, 0.5) is 11.6 Å². The maximum absolute atomic E-state index is 11.6. The number of aryl methyl sites for hydroxylation is 1. The van der Waals surface area contributed by atoms with Crippen LogP contribution < -0.4 is 10.2 Å². The smallest absolute Gasteiger partial charge is 0.153 e. The maximum Gasteiger partial charge on any atom is 0.153 e. The molecule has 1 aromatic rings. The minimum atomic E-state index is -2.88. The van der Waals surface area contributed by atoms with Crippen molar-refractivity contribution in [3.8, 4) is 0 Å². The van der Waals surface area contributed by atoms with Gasteiger partial charge in [0.2, 0.25) is 0 Å². The molecule has 1 N–H and O–H groups in total. The predicted octanol–water partition coefficient (Wildman–Crippen LogP) is 1.40. The number of anilines is 2. The zero-order valence-corrected chi connectivity index (χ0v) is 13.8. The second-order valence-electron chi connectivity index (χ2n) is 5.36. The van der Waals surface area contributed by atoms with Crippen molar-refractivity contribution in [1.82, 2.24) is 9.97 Å². The minimum absolute atomic E-state index is 0.204. The van der Waals surface area contributed by atoms with Crippen molar-refractivity contribution >= 4 is 21.5 Å². The van der Waals surface area contributed by atoms with Crippen LogP contribution in [-0.4, -0.2) is 49.5 Å². The van der Waals surface area contributed by atoms with Crippen LogP contribution in [0.3, 0.4) is 0 Å². The summed E-state index contributed by atoms with van der Waals surface area (Å²) in [6, 6.07) is 0. The van der Waals surface area contributed by atoms with E-state index < -0.39 is 9.84 Å². The lowest BCUT2D eigenvalue weighted by atomic mass is 10.2. The average molecular weight is 312 g/mol. The summed E-state index contributed by atoms with van der Waals surface area (Å²) in [5.74, 6) is 2.97. The van der Waals surface area contributed by atoms with Crippen LogP contribution in [-0.2, 0) is 16.3 Å². The second kappa shape index (κ2) is 6.60. The lowest BCUT2D eigenvalue weighted by Gasteiger charge is -2.29. The zero-order chi connectivity index (χ0) is 15.5. The van der Waals surface area contributed by atoms with Crippen molar-refractivity contribution in [3.05, 3.63) is 11.4 Å². The van der Waals surface area contributed by atoms with Crippen molar-refractivity contribution in [2.45, 2.75) is 33.6 Å². The molecule has 1 saturated heterocycles. The number of nitrogens with zero attached hydrogens (tertiary/aromatic N) is 3. The first-order valence-corrected chi connectivity index (χ1v) is 9.35. The molecule has 0 saturated carbocycles. The van der Waals surface area contributed by atoms with Crippen LogP contribution in [0.25, 0.3) is 0 Å². The molecule has 1 aromatic heterocycles. The Labute approximate surface area is 126 Å². The predicted molar refractivity (Wildman–Crippen MR) is 85.8 cm³/mol. The van der Waals surface area contributed by atoms with Gasteiger partial charge in [0.1, 0.15) is 17.5 Å². The summed E-state index contributed by atoms with van der Waals surface area (Å²) < 4.78 is 23.2. The summed E-state index contributed by atoms with van der Waals surface area (Å²) in [5.41, 5.74) is 0.996. The van der Waals surface area contributed by atoms with Gasteiger partial charge in [-0.05, 0) is 20.3 Å². The Morgan fingerprint density at radius 1 is 1.19 bits per heavy atom. The lowest BCUT2D eigenvalue weighted by Crippen LogP contribution is -2.41. The maximum atomic E-state index is 11.6. The number of aromatic nitrogens is 2. The van der Waals surface area contributed by atoms with Gasteiger partial charge in [-0.2, -0.15) is 0 Å². The highest BCUT2D eigenvalue weighted by atomic mass is 32.2. The van der Waals surface area contributed by atoms with Gasteiger partial charge < -0.3 is 10.2 Å². The molecule has 0 aromatic carbocycles. The van der Waals surface area contributed by atoms with E-state index in [9.17, 15) is 8.42 Å². The van der Waals surface area contributed by atoms with E-state index >= 15 is 0 Å². The van der Waals surface area contributed by atoms with Crippen molar-refractivity contribution in [1.29, 1.82) is 0 Å². The van der Waals surface area contributed by atoms with Crippen LogP contribution in [0.5, 0.6) is 0 Å². The fraction of sp³-hybridized carbons (Fsp3) is 0.714. The number of nitrogens with one attached hydrogen (secondary N) is 1. The molecule has 2 rings (SSSR count). The molecule has 0 aliphatic carbocycles. The molecule has 2 heterocycles. The standard InChI is InChI=1S/C14H24N4O2S/c1-4-6-12-16-13(15-5-2)11(3)14(17-12)18-7-9-21(19,20)10-8-18/h4-10H2,1-3H3,(H,15,16,17). The molecule has 0 spiro atoms. The summed E-state index contributed by atoms with van der Waals surface area (Å²) in [5, 5.41) is 3.27. The highest BCUT2D eigenvalue weighted by molar-refractivity contribution is 7.91. The summed E-state index contributed by atoms with van der Waals surface area (Å²) in [4.78, 5) is 11.3. The molecular weight excluding hydrogens is 288 g/mol. The fourth-order valence-corrected chi connectivity index (χ4v) is 3.66. The third-order valence-electron chi connectivity index (χ3n) is 3.63. The van der Waals surface area contributed by atoms with E-state index in [1.165, 1.54) is 0 Å². The Hall–Kier alpha value is -1.37. The molecule has 1 aliphatic heterocycles. The summed E-state index contributed by atoms with van der Waals surface area (Å²) in [7, 11) is -2.88. The largest absolute Gasteiger partial charge is 0.370 e. The number of hydrogen-bond acceptors (Lipinski definition) is 6. The Morgan fingerprint density at radius 3 is 2.43 bits per heavy atom. The van der Waals surface area contributed by atoms with Crippen LogP contribution in [0, 0.1) is 6.92 Å². The first kappa shape index (κ1) is 16.0. The van der Waals surface area contributed by atoms with Crippen molar-refractivity contribution in [2.24, 2.45) is 0 Å². The van der Waals surface area contributed by atoms with E-state index in [4.69, 9.17) is 0 Å². The molecule has 0 unspecified atom stereocenters. The summed E-state index contributed by atoms with van der Waals surface area (Å²) >= 11 is 0. The Morgan fingerprint density at radius 2 is 1.86 bits per heavy atom. The van der Waals surface area contributed by atoms with Crippen LogP contribution in [0.15, 0.2) is 0 Å². The van der Waals surface area contributed by atoms with Gasteiger partial charge in [0.15, 0.2) is 9.84 Å². The van der Waals surface area contributed by atoms with Gasteiger partial charge in [0.25, 0.3) is 0 Å². The molecule has 1 fully saturated rings. The van der Waals surface area contributed by atoms with Crippen molar-refractivity contribution in [3.63, 3.8) is 0 Å². The van der Waals surface area contributed by atoms with E-state index in [0.717, 1.165) is 42.4 Å². The van der Waals surface area contributed by atoms with Gasteiger partial charge in [-0.25, -0.2) is 18.4 Å². The van der Waals surface area contributed by atoms with Gasteiger partial charge in [-0.3, -0.25) is 0 Å². The van der Waals surface area contributed by atoms with Gasteiger partial charge >= 0.3 is 0 Å². The molecule has 118 valence electrons. The molecule has 21 heavy (non-hydrogen) atoms. The minimum Gasteiger partial charge on any atom is -0.370 e. The zero-order valence-electron chi connectivity index (χ0n) is 13.0. The molecule has 0 radical (unpaired) electrons. The molecule has 0 amide bonds. The van der Waals surface area contributed by atoms with E-state index in [-0.39, 0.29) is 11.5 Å². The average Bonchev–Trinajstić information content (AvgIpc) is 2.43. The van der Waals surface area contributed by atoms with Crippen molar-refractivity contribution < 1.29 is 8.42 Å². The van der Waals surface area contributed by atoms with E-state index in [2.05, 4.69) is 27.1 Å². The van der Waals surface area contributed by atoms with Crippen LogP contribution in [0.1, 0.15) is 31.7 Å². The van der Waals surface area contributed by atoms with E-state index in [1.54, 1.807) is 0 Å². The Bertz CT molecular complexity index is 587. The van der Waals surface area contributed by atoms with Crippen LogP contribution >= 0.6 is 0 Å². The van der Waals surface area contributed by atoms with Crippen LogP contribution in [0.2, 0.25) is 0 Å². The summed E-state index contributed by atoms with van der Waals surface area (Å²) in [6.45, 7) is 7.95. The normalized spacial score (nSPS) is 17.8. The Balaban J connectivity index is 2.32. The third-order valence-corrected chi connectivity index (χ3v) is 5.24. The highest BCUT2D eigenvalue weighted by Crippen LogP contribution is 2.25. The van der Waals surface area contributed by atoms with E-state index in [1.807, 2.05) is 13.8 Å². The third kappa shape index (κ3) is 3.84. The molecule has 0 atom stereocenters. The molecule has 7 heteroatoms. The number of hydrogen-bond donors (Lipinski definition) is 1. The molecular formula is C14H24N4O2S. The lowest BCUT2D eigenvalue weighted by molar-refractivity contribution is 0.586.